The van der Waals surface area contributed by atoms with Crippen LogP contribution in [0.3, 0.4) is 0 Å². The standard InChI is InChI=1S/C18H26N2O3/c1-17(2,3)23-16(21)19-12-18(4,5)20-10-13-11-22-15-9-7-6-8-14(13)15/h6-9,11,20H,10,12H2,1-5H3,(H,19,21). The zero-order valence-electron chi connectivity index (χ0n) is 14.5. The van der Waals surface area contributed by atoms with Crippen LogP contribution in [0.2, 0.25) is 0 Å². The van der Waals surface area contributed by atoms with Crippen LogP contribution in [0, 0.1) is 0 Å². The van der Waals surface area contributed by atoms with Gasteiger partial charge in [-0.05, 0) is 40.7 Å². The summed E-state index contributed by atoms with van der Waals surface area (Å²) in [5.74, 6) is 0. The van der Waals surface area contributed by atoms with Gasteiger partial charge in [-0.2, -0.15) is 0 Å². The number of ether oxygens (including phenoxy) is 1. The maximum absolute atomic E-state index is 11.7. The first-order valence-electron chi connectivity index (χ1n) is 7.83. The second-order valence-corrected chi connectivity index (χ2v) is 7.35. The van der Waals surface area contributed by atoms with Crippen LogP contribution in [-0.2, 0) is 11.3 Å². The summed E-state index contributed by atoms with van der Waals surface area (Å²) in [4.78, 5) is 11.7. The predicted octanol–water partition coefficient (Wildman–Crippen LogP) is 3.83. The van der Waals surface area contributed by atoms with Crippen molar-refractivity contribution in [1.82, 2.24) is 10.6 Å². The van der Waals surface area contributed by atoms with Crippen molar-refractivity contribution < 1.29 is 13.9 Å². The van der Waals surface area contributed by atoms with Gasteiger partial charge >= 0.3 is 6.09 Å². The predicted molar refractivity (Wildman–Crippen MR) is 91.4 cm³/mol. The van der Waals surface area contributed by atoms with Gasteiger partial charge in [0.05, 0.1) is 6.26 Å². The molecule has 23 heavy (non-hydrogen) atoms. The highest BCUT2D eigenvalue weighted by Crippen LogP contribution is 2.21. The van der Waals surface area contributed by atoms with Crippen LogP contribution in [0.1, 0.15) is 40.2 Å². The molecule has 0 aliphatic carbocycles. The molecule has 1 aromatic heterocycles. The largest absolute Gasteiger partial charge is 0.464 e. The molecule has 2 N–H and O–H groups in total. The molecule has 0 saturated carbocycles. The minimum absolute atomic E-state index is 0.269. The third-order valence-electron chi connectivity index (χ3n) is 3.39. The van der Waals surface area contributed by atoms with Crippen molar-refractivity contribution in [2.75, 3.05) is 6.54 Å². The molecule has 0 atom stereocenters. The summed E-state index contributed by atoms with van der Waals surface area (Å²) in [6.07, 6.45) is 1.37. The Bertz CT molecular complexity index is 668. The summed E-state index contributed by atoms with van der Waals surface area (Å²) in [7, 11) is 0. The first-order valence-corrected chi connectivity index (χ1v) is 7.83. The van der Waals surface area contributed by atoms with E-state index in [-0.39, 0.29) is 5.54 Å². The normalized spacial score (nSPS) is 12.4. The fraction of sp³-hybridized carbons (Fsp3) is 0.500. The lowest BCUT2D eigenvalue weighted by molar-refractivity contribution is 0.0513. The molecule has 1 aromatic carbocycles. The molecule has 0 bridgehead atoms. The average molecular weight is 318 g/mol. The van der Waals surface area contributed by atoms with Gasteiger partial charge in [-0.3, -0.25) is 0 Å². The maximum atomic E-state index is 11.7. The van der Waals surface area contributed by atoms with E-state index < -0.39 is 11.7 Å². The van der Waals surface area contributed by atoms with E-state index >= 15 is 0 Å². The molecule has 2 rings (SSSR count). The van der Waals surface area contributed by atoms with Crippen molar-refractivity contribution in [3.63, 3.8) is 0 Å². The van der Waals surface area contributed by atoms with E-state index in [1.54, 1.807) is 6.26 Å². The second kappa shape index (κ2) is 6.62. The number of rotatable bonds is 5. The highest BCUT2D eigenvalue weighted by atomic mass is 16.6. The number of para-hydroxylation sites is 1. The van der Waals surface area contributed by atoms with Gasteiger partial charge in [0.25, 0.3) is 0 Å². The van der Waals surface area contributed by atoms with Crippen LogP contribution in [0.25, 0.3) is 11.0 Å². The van der Waals surface area contributed by atoms with Crippen LogP contribution >= 0.6 is 0 Å². The Morgan fingerprint density at radius 3 is 2.57 bits per heavy atom. The average Bonchev–Trinajstić information content (AvgIpc) is 2.85. The van der Waals surface area contributed by atoms with Gasteiger partial charge in [-0.15, -0.1) is 0 Å². The molecule has 126 valence electrons. The quantitative estimate of drug-likeness (QED) is 0.879. The third-order valence-corrected chi connectivity index (χ3v) is 3.39. The molecule has 0 aliphatic rings. The van der Waals surface area contributed by atoms with E-state index in [1.165, 1.54) is 0 Å². The number of furan rings is 1. The zero-order chi connectivity index (χ0) is 17.1. The molecule has 2 aromatic rings. The summed E-state index contributed by atoms with van der Waals surface area (Å²) in [5.41, 5.74) is 1.23. The fourth-order valence-electron chi connectivity index (χ4n) is 2.17. The van der Waals surface area contributed by atoms with Crippen LogP contribution in [0.15, 0.2) is 34.9 Å². The Balaban J connectivity index is 1.87. The number of fused-ring (bicyclic) bond motifs is 1. The van der Waals surface area contributed by atoms with E-state index in [2.05, 4.69) is 10.6 Å². The smallest absolute Gasteiger partial charge is 0.407 e. The monoisotopic (exact) mass is 318 g/mol. The topological polar surface area (TPSA) is 63.5 Å². The minimum Gasteiger partial charge on any atom is -0.464 e. The fourth-order valence-corrected chi connectivity index (χ4v) is 2.17. The maximum Gasteiger partial charge on any atom is 0.407 e. The van der Waals surface area contributed by atoms with Crippen molar-refractivity contribution >= 4 is 17.1 Å². The van der Waals surface area contributed by atoms with E-state index in [4.69, 9.17) is 9.15 Å². The van der Waals surface area contributed by atoms with Gasteiger partial charge in [0.1, 0.15) is 11.2 Å². The van der Waals surface area contributed by atoms with E-state index in [0.29, 0.717) is 13.1 Å². The van der Waals surface area contributed by atoms with Gasteiger partial charge in [-0.25, -0.2) is 4.79 Å². The van der Waals surface area contributed by atoms with Crippen LogP contribution in [0.4, 0.5) is 4.79 Å². The van der Waals surface area contributed by atoms with Crippen molar-refractivity contribution in [3.8, 4) is 0 Å². The second-order valence-electron chi connectivity index (χ2n) is 7.35. The Labute approximate surface area is 137 Å². The Kier molecular flexibility index (Phi) is 5.00. The number of nitrogens with one attached hydrogen (secondary N) is 2. The minimum atomic E-state index is -0.489. The van der Waals surface area contributed by atoms with Gasteiger partial charge < -0.3 is 19.8 Å². The molecule has 0 fully saturated rings. The van der Waals surface area contributed by atoms with E-state index in [0.717, 1.165) is 16.5 Å². The summed E-state index contributed by atoms with van der Waals surface area (Å²) in [6.45, 7) is 10.7. The van der Waals surface area contributed by atoms with E-state index in [1.807, 2.05) is 58.9 Å². The Morgan fingerprint density at radius 1 is 1.17 bits per heavy atom. The summed E-state index contributed by atoms with van der Waals surface area (Å²) < 4.78 is 10.8. The van der Waals surface area contributed by atoms with Gasteiger partial charge in [0, 0.05) is 29.6 Å². The number of hydrogen-bond donors (Lipinski definition) is 2. The molecule has 0 radical (unpaired) electrons. The van der Waals surface area contributed by atoms with E-state index in [9.17, 15) is 4.79 Å². The SMILES string of the molecule is CC(C)(CNC(=O)OC(C)(C)C)NCc1coc2ccccc12. The Morgan fingerprint density at radius 2 is 1.87 bits per heavy atom. The van der Waals surface area contributed by atoms with Crippen molar-refractivity contribution in [3.05, 3.63) is 36.1 Å². The molecule has 1 heterocycles. The first-order chi connectivity index (χ1) is 10.7. The van der Waals surface area contributed by atoms with Crippen molar-refractivity contribution in [2.24, 2.45) is 0 Å². The lowest BCUT2D eigenvalue weighted by atomic mass is 10.0. The lowest BCUT2D eigenvalue weighted by Gasteiger charge is -2.27. The highest BCUT2D eigenvalue weighted by Gasteiger charge is 2.21. The summed E-state index contributed by atoms with van der Waals surface area (Å²) >= 11 is 0. The zero-order valence-corrected chi connectivity index (χ0v) is 14.5. The summed E-state index contributed by atoms with van der Waals surface area (Å²) in [5, 5.41) is 7.35. The summed E-state index contributed by atoms with van der Waals surface area (Å²) in [6, 6.07) is 7.95. The number of alkyl carbamates (subject to hydrolysis) is 1. The van der Waals surface area contributed by atoms with Crippen LogP contribution in [0.5, 0.6) is 0 Å². The molecule has 5 heteroatoms. The highest BCUT2D eigenvalue weighted by molar-refractivity contribution is 5.80. The van der Waals surface area contributed by atoms with Gasteiger partial charge in [-0.1, -0.05) is 18.2 Å². The Hall–Kier alpha value is -2.01. The number of carbonyl (C=O) groups is 1. The number of benzene rings is 1. The molecular weight excluding hydrogens is 292 g/mol. The number of amides is 1. The number of hydrogen-bond acceptors (Lipinski definition) is 4. The molecule has 0 unspecified atom stereocenters. The number of carbonyl (C=O) groups excluding carboxylic acids is 1. The lowest BCUT2D eigenvalue weighted by Crippen LogP contribution is -2.49. The molecule has 0 aliphatic heterocycles. The molecule has 1 amide bonds. The molecule has 0 saturated heterocycles. The van der Waals surface area contributed by atoms with Gasteiger partial charge in [0.15, 0.2) is 0 Å². The molecule has 0 spiro atoms. The first kappa shape index (κ1) is 17.3. The molecular formula is C18H26N2O3. The van der Waals surface area contributed by atoms with Crippen molar-refractivity contribution in [2.45, 2.75) is 52.3 Å². The van der Waals surface area contributed by atoms with Crippen LogP contribution in [-0.4, -0.2) is 23.8 Å². The molecule has 5 nitrogen and oxygen atoms in total. The third kappa shape index (κ3) is 5.28. The van der Waals surface area contributed by atoms with Gasteiger partial charge in [0.2, 0.25) is 0 Å². The van der Waals surface area contributed by atoms with Crippen LogP contribution < -0.4 is 10.6 Å². The van der Waals surface area contributed by atoms with Crippen molar-refractivity contribution in [1.29, 1.82) is 0 Å².